The molecule has 0 aliphatic heterocycles. The van der Waals surface area contributed by atoms with Crippen LogP contribution in [-0.4, -0.2) is 31.4 Å². The molecule has 0 aromatic rings. The smallest absolute Gasteiger partial charge is 0.224 e. The van der Waals surface area contributed by atoms with Crippen LogP contribution >= 0.6 is 12.4 Å². The molecular weight excluding hydrogens is 278 g/mol. The van der Waals surface area contributed by atoms with Crippen LogP contribution in [0.2, 0.25) is 0 Å². The molecule has 1 atom stereocenters. The van der Waals surface area contributed by atoms with Gasteiger partial charge in [-0.3, -0.25) is 9.59 Å². The van der Waals surface area contributed by atoms with Crippen molar-refractivity contribution in [2.75, 3.05) is 19.6 Å². The summed E-state index contributed by atoms with van der Waals surface area (Å²) in [6.07, 6.45) is 6.81. The average Bonchev–Trinajstić information content (AvgIpc) is 2.43. The molecule has 0 radical (unpaired) electrons. The molecule has 1 aliphatic carbocycles. The van der Waals surface area contributed by atoms with Crippen molar-refractivity contribution < 1.29 is 9.59 Å². The number of carbonyl (C=O) groups is 2. The maximum atomic E-state index is 11.7. The third-order valence-electron chi connectivity index (χ3n) is 3.75. The van der Waals surface area contributed by atoms with Crippen molar-refractivity contribution in [1.29, 1.82) is 0 Å². The summed E-state index contributed by atoms with van der Waals surface area (Å²) in [5, 5.41) is 5.62. The van der Waals surface area contributed by atoms with E-state index in [4.69, 9.17) is 5.73 Å². The van der Waals surface area contributed by atoms with Crippen molar-refractivity contribution in [3.63, 3.8) is 0 Å². The van der Waals surface area contributed by atoms with Gasteiger partial charge in [-0.15, -0.1) is 12.4 Å². The summed E-state index contributed by atoms with van der Waals surface area (Å²) in [6.45, 7) is 3.10. The van der Waals surface area contributed by atoms with E-state index in [-0.39, 0.29) is 30.1 Å². The highest BCUT2D eigenvalue weighted by molar-refractivity contribution is 5.85. The van der Waals surface area contributed by atoms with Crippen LogP contribution in [0.15, 0.2) is 0 Å². The minimum absolute atomic E-state index is 0. The first kappa shape index (κ1) is 19.2. The second kappa shape index (κ2) is 10.9. The van der Waals surface area contributed by atoms with Gasteiger partial charge in [-0.25, -0.2) is 0 Å². The normalized spacial score (nSPS) is 16.9. The Hall–Kier alpha value is -0.810. The quantitative estimate of drug-likeness (QED) is 0.618. The summed E-state index contributed by atoms with van der Waals surface area (Å²) in [6, 6.07) is 0. The lowest BCUT2D eigenvalue weighted by molar-refractivity contribution is -0.125. The van der Waals surface area contributed by atoms with Crippen molar-refractivity contribution in [3.8, 4) is 0 Å². The SMILES string of the molecule is CC(CN)C(=O)NCCNC(=O)CC1CCCCC1.Cl. The molecule has 2 amide bonds. The zero-order valence-electron chi connectivity index (χ0n) is 12.3. The largest absolute Gasteiger partial charge is 0.354 e. The van der Waals surface area contributed by atoms with Crippen LogP contribution in [0.4, 0.5) is 0 Å². The lowest BCUT2D eigenvalue weighted by Crippen LogP contribution is -2.39. The molecule has 0 spiro atoms. The fourth-order valence-corrected chi connectivity index (χ4v) is 2.39. The maximum absolute atomic E-state index is 11.7. The van der Waals surface area contributed by atoms with Gasteiger partial charge in [0.2, 0.25) is 11.8 Å². The molecule has 118 valence electrons. The highest BCUT2D eigenvalue weighted by atomic mass is 35.5. The fraction of sp³-hybridized carbons (Fsp3) is 0.857. The third kappa shape index (κ3) is 7.70. The topological polar surface area (TPSA) is 84.2 Å². The van der Waals surface area contributed by atoms with Crippen LogP contribution < -0.4 is 16.4 Å². The fourth-order valence-electron chi connectivity index (χ4n) is 2.39. The lowest BCUT2D eigenvalue weighted by Gasteiger charge is -2.20. The van der Waals surface area contributed by atoms with Crippen molar-refractivity contribution in [2.24, 2.45) is 17.6 Å². The number of carbonyl (C=O) groups excluding carboxylic acids is 2. The van der Waals surface area contributed by atoms with Gasteiger partial charge in [0.1, 0.15) is 0 Å². The number of hydrogen-bond donors (Lipinski definition) is 3. The van der Waals surface area contributed by atoms with E-state index in [1.165, 1.54) is 32.1 Å². The van der Waals surface area contributed by atoms with Crippen LogP contribution in [0.25, 0.3) is 0 Å². The van der Waals surface area contributed by atoms with Gasteiger partial charge in [0.25, 0.3) is 0 Å². The summed E-state index contributed by atoms with van der Waals surface area (Å²) in [4.78, 5) is 23.1. The van der Waals surface area contributed by atoms with Gasteiger partial charge in [0, 0.05) is 32.0 Å². The van der Waals surface area contributed by atoms with Crippen LogP contribution in [-0.2, 0) is 9.59 Å². The molecule has 1 unspecified atom stereocenters. The van der Waals surface area contributed by atoms with Crippen molar-refractivity contribution in [2.45, 2.75) is 45.4 Å². The van der Waals surface area contributed by atoms with E-state index in [1.54, 1.807) is 6.92 Å². The number of amides is 2. The van der Waals surface area contributed by atoms with Crippen molar-refractivity contribution >= 4 is 24.2 Å². The van der Waals surface area contributed by atoms with E-state index in [0.717, 1.165) is 0 Å². The molecule has 0 saturated heterocycles. The second-order valence-electron chi connectivity index (χ2n) is 5.49. The minimum atomic E-state index is -0.169. The maximum Gasteiger partial charge on any atom is 0.224 e. The number of nitrogens with one attached hydrogen (secondary N) is 2. The average molecular weight is 306 g/mol. The van der Waals surface area contributed by atoms with E-state index in [2.05, 4.69) is 10.6 Å². The Bertz CT molecular complexity index is 294. The molecule has 1 saturated carbocycles. The van der Waals surface area contributed by atoms with E-state index >= 15 is 0 Å². The van der Waals surface area contributed by atoms with Gasteiger partial charge in [-0.05, 0) is 18.8 Å². The van der Waals surface area contributed by atoms with E-state index < -0.39 is 0 Å². The number of halogens is 1. The predicted octanol–water partition coefficient (Wildman–Crippen LogP) is 1.21. The van der Waals surface area contributed by atoms with Gasteiger partial charge in [0.15, 0.2) is 0 Å². The zero-order valence-corrected chi connectivity index (χ0v) is 13.1. The molecule has 1 fully saturated rings. The molecular formula is C14H28ClN3O2. The van der Waals surface area contributed by atoms with Crippen molar-refractivity contribution in [1.82, 2.24) is 10.6 Å². The van der Waals surface area contributed by atoms with E-state index in [1.807, 2.05) is 0 Å². The van der Waals surface area contributed by atoms with Gasteiger partial charge in [-0.2, -0.15) is 0 Å². The molecule has 1 aliphatic rings. The summed E-state index contributed by atoms with van der Waals surface area (Å²) < 4.78 is 0. The van der Waals surface area contributed by atoms with Gasteiger partial charge in [-0.1, -0.05) is 26.2 Å². The van der Waals surface area contributed by atoms with Gasteiger partial charge < -0.3 is 16.4 Å². The van der Waals surface area contributed by atoms with Crippen LogP contribution in [0.3, 0.4) is 0 Å². The van der Waals surface area contributed by atoms with Crippen LogP contribution in [0.5, 0.6) is 0 Å². The first-order valence-corrected chi connectivity index (χ1v) is 7.38. The Morgan fingerprint density at radius 1 is 1.15 bits per heavy atom. The Balaban J connectivity index is 0.00000361. The third-order valence-corrected chi connectivity index (χ3v) is 3.75. The molecule has 4 N–H and O–H groups in total. The minimum Gasteiger partial charge on any atom is -0.354 e. The molecule has 0 bridgehead atoms. The summed E-state index contributed by atoms with van der Waals surface area (Å²) >= 11 is 0. The summed E-state index contributed by atoms with van der Waals surface area (Å²) in [5.74, 6) is 0.440. The number of rotatable bonds is 7. The second-order valence-corrected chi connectivity index (χ2v) is 5.49. The molecule has 0 aromatic carbocycles. The molecule has 6 heteroatoms. The highest BCUT2D eigenvalue weighted by Crippen LogP contribution is 2.25. The van der Waals surface area contributed by atoms with Gasteiger partial charge >= 0.3 is 0 Å². The Labute approximate surface area is 127 Å². The zero-order chi connectivity index (χ0) is 14.1. The van der Waals surface area contributed by atoms with Gasteiger partial charge in [0.05, 0.1) is 0 Å². The van der Waals surface area contributed by atoms with E-state index in [0.29, 0.717) is 32.0 Å². The van der Waals surface area contributed by atoms with Crippen LogP contribution in [0, 0.1) is 11.8 Å². The Morgan fingerprint density at radius 3 is 2.35 bits per heavy atom. The molecule has 20 heavy (non-hydrogen) atoms. The lowest BCUT2D eigenvalue weighted by atomic mass is 9.87. The summed E-state index contributed by atoms with van der Waals surface area (Å²) in [5.41, 5.74) is 5.40. The Morgan fingerprint density at radius 2 is 1.75 bits per heavy atom. The van der Waals surface area contributed by atoms with Crippen molar-refractivity contribution in [3.05, 3.63) is 0 Å². The number of nitrogens with two attached hydrogens (primary N) is 1. The van der Waals surface area contributed by atoms with E-state index in [9.17, 15) is 9.59 Å². The first-order chi connectivity index (χ1) is 9.13. The highest BCUT2D eigenvalue weighted by Gasteiger charge is 2.16. The molecule has 0 heterocycles. The molecule has 5 nitrogen and oxygen atoms in total. The Kier molecular flexibility index (Phi) is 10.5. The molecule has 0 aromatic heterocycles. The predicted molar refractivity (Wildman–Crippen MR) is 82.7 cm³/mol. The number of hydrogen-bond acceptors (Lipinski definition) is 3. The first-order valence-electron chi connectivity index (χ1n) is 7.38. The standard InChI is InChI=1S/C14H27N3O2.ClH/c1-11(10-15)14(19)17-8-7-16-13(18)9-12-5-3-2-4-6-12;/h11-12H,2-10,15H2,1H3,(H,16,18)(H,17,19);1H. The molecule has 1 rings (SSSR count). The monoisotopic (exact) mass is 305 g/mol. The summed E-state index contributed by atoms with van der Waals surface area (Å²) in [7, 11) is 0. The van der Waals surface area contributed by atoms with Crippen LogP contribution in [0.1, 0.15) is 45.4 Å².